The number of nitrogens with zero attached hydrogens (tertiary/aromatic N) is 2. The predicted molar refractivity (Wildman–Crippen MR) is 93.4 cm³/mol. The van der Waals surface area contributed by atoms with E-state index in [4.69, 9.17) is 11.6 Å². The summed E-state index contributed by atoms with van der Waals surface area (Å²) in [5.74, 6) is 0.841. The minimum absolute atomic E-state index is 0.0676. The lowest BCUT2D eigenvalue weighted by molar-refractivity contribution is 0.564. The monoisotopic (exact) mass is 419 g/mol. The van der Waals surface area contributed by atoms with E-state index in [1.807, 2.05) is 7.05 Å². The lowest BCUT2D eigenvalue weighted by atomic mass is 9.91. The average Bonchev–Trinajstić information content (AvgIpc) is 2.41. The molecule has 1 heterocycles. The van der Waals surface area contributed by atoms with Crippen molar-refractivity contribution in [3.05, 3.63) is 38.3 Å². The highest BCUT2D eigenvalue weighted by atomic mass is 127. The Morgan fingerprint density at radius 3 is 2.43 bits per heavy atom. The Hall–Kier alpha value is -0.950. The molecule has 1 aromatic heterocycles. The minimum Gasteiger partial charge on any atom is -0.372 e. The summed E-state index contributed by atoms with van der Waals surface area (Å²) in [6.07, 6.45) is 0. The number of rotatable bonds is 2. The topological polar surface area (TPSA) is 37.8 Å². The van der Waals surface area contributed by atoms with Crippen LogP contribution in [0.3, 0.4) is 0 Å². The average molecular weight is 420 g/mol. The zero-order valence-corrected chi connectivity index (χ0v) is 15.2. The van der Waals surface area contributed by atoms with E-state index >= 15 is 0 Å². The molecule has 2 aromatic rings. The molecule has 3 nitrogen and oxygen atoms in total. The van der Waals surface area contributed by atoms with Crippen LogP contribution in [0.15, 0.2) is 18.2 Å². The number of nitrogens with one attached hydrogen (secondary N) is 1. The summed E-state index contributed by atoms with van der Waals surface area (Å²) in [7, 11) is 1.82. The SMILES string of the molecule is CNc1nc(-c2ccc(F)c(Cl)c2)nc(C(C)(C)C)c1I. The maximum atomic E-state index is 13.3. The van der Waals surface area contributed by atoms with Crippen LogP contribution >= 0.6 is 34.2 Å². The van der Waals surface area contributed by atoms with Crippen molar-refractivity contribution in [2.75, 3.05) is 12.4 Å². The zero-order valence-electron chi connectivity index (χ0n) is 12.3. The van der Waals surface area contributed by atoms with E-state index in [1.54, 1.807) is 12.1 Å². The van der Waals surface area contributed by atoms with E-state index in [1.165, 1.54) is 6.07 Å². The van der Waals surface area contributed by atoms with Gasteiger partial charge in [0.25, 0.3) is 0 Å². The first kappa shape index (κ1) is 16.4. The van der Waals surface area contributed by atoms with E-state index in [-0.39, 0.29) is 10.4 Å². The van der Waals surface area contributed by atoms with Gasteiger partial charge in [-0.1, -0.05) is 32.4 Å². The number of benzene rings is 1. The maximum Gasteiger partial charge on any atom is 0.161 e. The van der Waals surface area contributed by atoms with Gasteiger partial charge in [0, 0.05) is 18.0 Å². The van der Waals surface area contributed by atoms with Crippen LogP contribution in [0.1, 0.15) is 26.5 Å². The summed E-state index contributed by atoms with van der Waals surface area (Å²) in [5.41, 5.74) is 1.52. The second kappa shape index (κ2) is 6.04. The molecule has 0 spiro atoms. The fourth-order valence-corrected chi connectivity index (χ4v) is 3.37. The highest BCUT2D eigenvalue weighted by Crippen LogP contribution is 2.32. The molecule has 21 heavy (non-hydrogen) atoms. The molecule has 6 heteroatoms. The molecule has 0 atom stereocenters. The van der Waals surface area contributed by atoms with Crippen LogP contribution < -0.4 is 5.32 Å². The molecule has 0 saturated carbocycles. The third kappa shape index (κ3) is 3.45. The number of hydrogen-bond donors (Lipinski definition) is 1. The van der Waals surface area contributed by atoms with Crippen molar-refractivity contribution in [3.8, 4) is 11.4 Å². The fraction of sp³-hybridized carbons (Fsp3) is 0.333. The van der Waals surface area contributed by atoms with Gasteiger partial charge in [-0.25, -0.2) is 14.4 Å². The molecule has 0 saturated heterocycles. The van der Waals surface area contributed by atoms with Crippen LogP contribution in [0.2, 0.25) is 5.02 Å². The molecular formula is C15H16ClFIN3. The Balaban J connectivity index is 2.66. The summed E-state index contributed by atoms with van der Waals surface area (Å²) < 4.78 is 14.3. The second-order valence-electron chi connectivity index (χ2n) is 5.69. The van der Waals surface area contributed by atoms with Gasteiger partial charge < -0.3 is 5.32 Å². The molecule has 0 amide bonds. The normalized spacial score (nSPS) is 11.6. The summed E-state index contributed by atoms with van der Waals surface area (Å²) in [5, 5.41) is 3.15. The van der Waals surface area contributed by atoms with Crippen molar-refractivity contribution in [1.29, 1.82) is 0 Å². The lowest BCUT2D eigenvalue weighted by Gasteiger charge is -2.21. The molecule has 0 aliphatic carbocycles. The summed E-state index contributed by atoms with van der Waals surface area (Å²) in [4.78, 5) is 9.15. The molecule has 0 fully saturated rings. The molecule has 0 unspecified atom stereocenters. The van der Waals surface area contributed by atoms with Gasteiger partial charge in [0.15, 0.2) is 5.82 Å². The molecule has 0 radical (unpaired) electrons. The fourth-order valence-electron chi connectivity index (χ4n) is 1.87. The van der Waals surface area contributed by atoms with Crippen molar-refractivity contribution in [2.24, 2.45) is 0 Å². The van der Waals surface area contributed by atoms with Crippen LogP contribution in [0.25, 0.3) is 11.4 Å². The lowest BCUT2D eigenvalue weighted by Crippen LogP contribution is -2.18. The molecule has 0 aliphatic rings. The van der Waals surface area contributed by atoms with Crippen LogP contribution in [-0.4, -0.2) is 17.0 Å². The van der Waals surface area contributed by atoms with Gasteiger partial charge in [0.05, 0.1) is 14.3 Å². The maximum absolute atomic E-state index is 13.3. The van der Waals surface area contributed by atoms with Crippen molar-refractivity contribution >= 4 is 40.0 Å². The second-order valence-corrected chi connectivity index (χ2v) is 7.17. The zero-order chi connectivity index (χ0) is 15.8. The standard InChI is InChI=1S/C15H16ClFIN3/c1-15(2,3)12-11(18)14(19-4)21-13(20-12)8-5-6-10(17)9(16)7-8/h5-7H,1-4H3,(H,19,20,21). The van der Waals surface area contributed by atoms with E-state index in [9.17, 15) is 4.39 Å². The Labute approximate surface area is 142 Å². The number of anilines is 1. The van der Waals surface area contributed by atoms with E-state index in [2.05, 4.69) is 58.6 Å². The Morgan fingerprint density at radius 2 is 1.90 bits per heavy atom. The number of aromatic nitrogens is 2. The highest BCUT2D eigenvalue weighted by molar-refractivity contribution is 14.1. The molecule has 0 bridgehead atoms. The molecule has 1 aromatic carbocycles. The summed E-state index contributed by atoms with van der Waals surface area (Å²) >= 11 is 8.09. The van der Waals surface area contributed by atoms with E-state index in [0.29, 0.717) is 11.4 Å². The highest BCUT2D eigenvalue weighted by Gasteiger charge is 2.23. The van der Waals surface area contributed by atoms with Crippen molar-refractivity contribution < 1.29 is 4.39 Å². The quantitative estimate of drug-likeness (QED) is 0.705. The third-order valence-electron chi connectivity index (χ3n) is 2.98. The Bertz CT molecular complexity index is 683. The molecule has 2 rings (SSSR count). The smallest absolute Gasteiger partial charge is 0.161 e. The van der Waals surface area contributed by atoms with E-state index in [0.717, 1.165) is 15.1 Å². The van der Waals surface area contributed by atoms with E-state index < -0.39 is 5.82 Å². The first-order valence-corrected chi connectivity index (χ1v) is 7.91. The molecule has 0 aliphatic heterocycles. The third-order valence-corrected chi connectivity index (χ3v) is 4.29. The van der Waals surface area contributed by atoms with Gasteiger partial charge in [-0.15, -0.1) is 0 Å². The van der Waals surface area contributed by atoms with Crippen molar-refractivity contribution in [2.45, 2.75) is 26.2 Å². The predicted octanol–water partition coefficient (Wildman–Crippen LogP) is 4.88. The van der Waals surface area contributed by atoms with Crippen LogP contribution in [0.5, 0.6) is 0 Å². The van der Waals surface area contributed by atoms with Crippen molar-refractivity contribution in [1.82, 2.24) is 9.97 Å². The van der Waals surface area contributed by atoms with Gasteiger partial charge in [0.2, 0.25) is 0 Å². The van der Waals surface area contributed by atoms with Gasteiger partial charge in [0.1, 0.15) is 11.6 Å². The van der Waals surface area contributed by atoms with Gasteiger partial charge in [-0.3, -0.25) is 0 Å². The Kier molecular flexibility index (Phi) is 4.72. The first-order chi connectivity index (χ1) is 9.74. The van der Waals surface area contributed by atoms with Gasteiger partial charge >= 0.3 is 0 Å². The minimum atomic E-state index is -0.448. The number of hydrogen-bond acceptors (Lipinski definition) is 3. The van der Waals surface area contributed by atoms with Gasteiger partial charge in [-0.2, -0.15) is 0 Å². The largest absolute Gasteiger partial charge is 0.372 e. The van der Waals surface area contributed by atoms with Crippen LogP contribution in [0.4, 0.5) is 10.2 Å². The van der Waals surface area contributed by atoms with Crippen LogP contribution in [-0.2, 0) is 5.41 Å². The summed E-state index contributed by atoms with van der Waals surface area (Å²) in [6.45, 7) is 6.29. The molecule has 112 valence electrons. The first-order valence-electron chi connectivity index (χ1n) is 6.45. The Morgan fingerprint density at radius 1 is 1.24 bits per heavy atom. The summed E-state index contributed by atoms with van der Waals surface area (Å²) in [6, 6.07) is 4.51. The van der Waals surface area contributed by atoms with Crippen LogP contribution in [0, 0.1) is 9.39 Å². The molecule has 1 N–H and O–H groups in total. The molecular weight excluding hydrogens is 404 g/mol. The number of halogens is 3. The van der Waals surface area contributed by atoms with Crippen molar-refractivity contribution in [3.63, 3.8) is 0 Å². The van der Waals surface area contributed by atoms with Gasteiger partial charge in [-0.05, 0) is 40.8 Å².